The summed E-state index contributed by atoms with van der Waals surface area (Å²) < 4.78 is 5.29. The molecule has 0 bridgehead atoms. The average Bonchev–Trinajstić information content (AvgIpc) is 3.42. The van der Waals surface area contributed by atoms with Crippen LogP contribution in [0.25, 0.3) is 11.5 Å². The first-order valence-electron chi connectivity index (χ1n) is 9.49. The molecule has 6 nitrogen and oxygen atoms in total. The van der Waals surface area contributed by atoms with Gasteiger partial charge in [-0.2, -0.15) is 0 Å². The maximum Gasteiger partial charge on any atom is 0.261 e. The van der Waals surface area contributed by atoms with Gasteiger partial charge >= 0.3 is 0 Å². The fourth-order valence-electron chi connectivity index (χ4n) is 3.66. The number of anilines is 1. The van der Waals surface area contributed by atoms with Crippen molar-refractivity contribution in [2.45, 2.75) is 19.4 Å². The normalized spacial score (nSPS) is 13.7. The number of pyridine rings is 1. The van der Waals surface area contributed by atoms with Gasteiger partial charge in [0.15, 0.2) is 0 Å². The Hall–Kier alpha value is -3.28. The van der Waals surface area contributed by atoms with Gasteiger partial charge in [0.25, 0.3) is 11.5 Å². The van der Waals surface area contributed by atoms with E-state index in [4.69, 9.17) is 4.42 Å². The molecule has 0 saturated carbocycles. The molecule has 28 heavy (non-hydrogen) atoms. The summed E-state index contributed by atoms with van der Waals surface area (Å²) >= 11 is 0. The maximum absolute atomic E-state index is 12.9. The lowest BCUT2D eigenvalue weighted by Crippen LogP contribution is -2.32. The molecular formula is C22H23N3O3. The molecule has 0 aliphatic carbocycles. The van der Waals surface area contributed by atoms with E-state index in [-0.39, 0.29) is 11.5 Å². The number of benzene rings is 1. The number of para-hydroxylation sites is 1. The Bertz CT molecular complexity index is 1020. The molecule has 3 aromatic rings. The third-order valence-corrected chi connectivity index (χ3v) is 5.12. The van der Waals surface area contributed by atoms with E-state index in [0.717, 1.165) is 18.7 Å². The molecule has 1 amide bonds. The molecule has 0 atom stereocenters. The van der Waals surface area contributed by atoms with Gasteiger partial charge in [-0.15, -0.1) is 0 Å². The number of nitrogens with zero attached hydrogens (tertiary/aromatic N) is 2. The summed E-state index contributed by atoms with van der Waals surface area (Å²) in [6.45, 7) is 2.54. The van der Waals surface area contributed by atoms with E-state index >= 15 is 0 Å². The lowest BCUT2D eigenvalue weighted by atomic mass is 10.1. The van der Waals surface area contributed by atoms with Crippen LogP contribution < -0.4 is 10.5 Å². The van der Waals surface area contributed by atoms with Gasteiger partial charge in [0.1, 0.15) is 11.3 Å². The second kappa shape index (κ2) is 7.76. The van der Waals surface area contributed by atoms with E-state index in [0.29, 0.717) is 18.0 Å². The van der Waals surface area contributed by atoms with Crippen molar-refractivity contribution in [1.82, 2.24) is 9.88 Å². The molecule has 1 aliphatic rings. The Morgan fingerprint density at radius 2 is 1.89 bits per heavy atom. The molecule has 4 rings (SSSR count). The van der Waals surface area contributed by atoms with Crippen molar-refractivity contribution < 1.29 is 9.21 Å². The van der Waals surface area contributed by atoms with Crippen LogP contribution in [-0.4, -0.2) is 35.9 Å². The van der Waals surface area contributed by atoms with Crippen LogP contribution in [0.15, 0.2) is 64.0 Å². The summed E-state index contributed by atoms with van der Waals surface area (Å²) in [5, 5.41) is 0. The summed E-state index contributed by atoms with van der Waals surface area (Å²) in [6.07, 6.45) is 3.93. The highest BCUT2D eigenvalue weighted by molar-refractivity contribution is 5.94. The van der Waals surface area contributed by atoms with E-state index in [2.05, 4.69) is 16.0 Å². The number of carbonyl (C=O) groups is 1. The van der Waals surface area contributed by atoms with Crippen molar-refractivity contribution in [2.24, 2.45) is 0 Å². The quantitative estimate of drug-likeness (QED) is 0.739. The minimum absolute atomic E-state index is 0.122. The van der Waals surface area contributed by atoms with Gasteiger partial charge in [-0.1, -0.05) is 18.2 Å². The Balaban J connectivity index is 1.54. The Morgan fingerprint density at radius 1 is 1.11 bits per heavy atom. The molecular weight excluding hydrogens is 354 g/mol. The van der Waals surface area contributed by atoms with Crippen LogP contribution in [0, 0.1) is 0 Å². The number of carbonyl (C=O) groups excluding carboxylic acids is 1. The predicted octanol–water partition coefficient (Wildman–Crippen LogP) is 3.51. The first-order valence-corrected chi connectivity index (χ1v) is 9.49. The number of H-pyrrole nitrogens is 1. The fourth-order valence-corrected chi connectivity index (χ4v) is 3.66. The van der Waals surface area contributed by atoms with Crippen LogP contribution in [0.3, 0.4) is 0 Å². The lowest BCUT2D eigenvalue weighted by Gasteiger charge is -2.24. The van der Waals surface area contributed by atoms with Crippen molar-refractivity contribution in [1.29, 1.82) is 0 Å². The minimum Gasteiger partial charge on any atom is -0.463 e. The highest BCUT2D eigenvalue weighted by atomic mass is 16.3. The summed E-state index contributed by atoms with van der Waals surface area (Å²) in [4.78, 5) is 32.0. The summed E-state index contributed by atoms with van der Waals surface area (Å²) in [6, 6.07) is 14.9. The maximum atomic E-state index is 12.9. The van der Waals surface area contributed by atoms with Crippen molar-refractivity contribution >= 4 is 11.6 Å². The monoisotopic (exact) mass is 377 g/mol. The zero-order valence-electron chi connectivity index (χ0n) is 15.9. The van der Waals surface area contributed by atoms with Gasteiger partial charge < -0.3 is 19.2 Å². The Morgan fingerprint density at radius 3 is 2.61 bits per heavy atom. The number of aromatic nitrogens is 1. The van der Waals surface area contributed by atoms with E-state index in [1.807, 2.05) is 18.2 Å². The molecule has 0 unspecified atom stereocenters. The van der Waals surface area contributed by atoms with Gasteiger partial charge in [-0.3, -0.25) is 9.59 Å². The smallest absolute Gasteiger partial charge is 0.261 e. The van der Waals surface area contributed by atoms with E-state index in [9.17, 15) is 9.59 Å². The molecule has 3 heterocycles. The largest absolute Gasteiger partial charge is 0.463 e. The van der Waals surface area contributed by atoms with Crippen molar-refractivity contribution in [3.05, 3.63) is 76.3 Å². The second-order valence-electron chi connectivity index (χ2n) is 7.08. The lowest BCUT2D eigenvalue weighted by molar-refractivity contribution is 0.0783. The number of aromatic amines is 1. The van der Waals surface area contributed by atoms with Gasteiger partial charge in [0.2, 0.25) is 0 Å². The number of furan rings is 1. The van der Waals surface area contributed by atoms with E-state index in [1.165, 1.54) is 24.8 Å². The molecule has 0 radical (unpaired) electrons. The summed E-state index contributed by atoms with van der Waals surface area (Å²) in [5.74, 6) is 0.257. The number of hydrogen-bond acceptors (Lipinski definition) is 4. The summed E-state index contributed by atoms with van der Waals surface area (Å²) in [5.41, 5.74) is 2.51. The third kappa shape index (κ3) is 3.58. The molecule has 6 heteroatoms. The molecule has 1 N–H and O–H groups in total. The highest BCUT2D eigenvalue weighted by Crippen LogP contribution is 2.25. The highest BCUT2D eigenvalue weighted by Gasteiger charge is 2.20. The van der Waals surface area contributed by atoms with Gasteiger partial charge in [-0.25, -0.2) is 0 Å². The number of amides is 1. The first kappa shape index (κ1) is 18.1. The number of nitrogens with one attached hydrogen (secondary N) is 1. The fraction of sp³-hybridized carbons (Fsp3) is 0.273. The van der Waals surface area contributed by atoms with Gasteiger partial charge in [0, 0.05) is 32.4 Å². The Kier molecular flexibility index (Phi) is 5.02. The minimum atomic E-state index is -0.418. The molecule has 1 aromatic carbocycles. The molecule has 1 aliphatic heterocycles. The standard InChI is InChI=1S/C22H23N3O3/c1-24(15-16-7-2-3-8-19(16)25-12-4-5-13-25)22(27)17-10-11-18(23-21(17)26)20-9-6-14-28-20/h2-3,6-11,14H,4-5,12-13,15H2,1H3,(H,23,26). The SMILES string of the molecule is CN(Cc1ccccc1N1CCCC1)C(=O)c1ccc(-c2ccco2)[nH]c1=O. The number of hydrogen-bond donors (Lipinski definition) is 1. The van der Waals surface area contributed by atoms with Crippen LogP contribution in [0.5, 0.6) is 0 Å². The third-order valence-electron chi connectivity index (χ3n) is 5.12. The van der Waals surface area contributed by atoms with Crippen molar-refractivity contribution in [2.75, 3.05) is 25.0 Å². The van der Waals surface area contributed by atoms with E-state index < -0.39 is 5.56 Å². The molecule has 1 saturated heterocycles. The zero-order valence-corrected chi connectivity index (χ0v) is 15.9. The number of rotatable bonds is 5. The zero-order chi connectivity index (χ0) is 19.5. The molecule has 0 spiro atoms. The van der Waals surface area contributed by atoms with Gasteiger partial charge in [-0.05, 0) is 48.7 Å². The topological polar surface area (TPSA) is 69.5 Å². The molecule has 2 aromatic heterocycles. The van der Waals surface area contributed by atoms with Crippen LogP contribution in [-0.2, 0) is 6.54 Å². The molecule has 1 fully saturated rings. The second-order valence-corrected chi connectivity index (χ2v) is 7.08. The molecule has 144 valence electrons. The van der Waals surface area contributed by atoms with E-state index in [1.54, 1.807) is 36.2 Å². The first-order chi connectivity index (χ1) is 13.6. The van der Waals surface area contributed by atoms with Crippen molar-refractivity contribution in [3.8, 4) is 11.5 Å². The van der Waals surface area contributed by atoms with Crippen LogP contribution in [0.4, 0.5) is 5.69 Å². The Labute approximate surface area is 163 Å². The van der Waals surface area contributed by atoms with Crippen LogP contribution in [0.1, 0.15) is 28.8 Å². The van der Waals surface area contributed by atoms with Crippen LogP contribution >= 0.6 is 0 Å². The van der Waals surface area contributed by atoms with Crippen LogP contribution in [0.2, 0.25) is 0 Å². The summed E-state index contributed by atoms with van der Waals surface area (Å²) in [7, 11) is 1.73. The average molecular weight is 377 g/mol. The van der Waals surface area contributed by atoms with Crippen molar-refractivity contribution in [3.63, 3.8) is 0 Å². The predicted molar refractivity (Wildman–Crippen MR) is 108 cm³/mol. The van der Waals surface area contributed by atoms with Gasteiger partial charge in [0.05, 0.1) is 12.0 Å².